The molecule has 0 unspecified atom stereocenters. The number of alkyl halides is 3. The van der Waals surface area contributed by atoms with Crippen LogP contribution in [-0.4, -0.2) is 29.4 Å². The number of carbonyl (C=O) groups is 1. The molecule has 8 heteroatoms. The summed E-state index contributed by atoms with van der Waals surface area (Å²) < 4.78 is 45.4. The molecule has 2 heterocycles. The third-order valence-corrected chi connectivity index (χ3v) is 3.96. The maximum atomic E-state index is 13.2. The molecule has 1 aliphatic rings. The Labute approximate surface area is 136 Å². The van der Waals surface area contributed by atoms with Crippen LogP contribution < -0.4 is 4.90 Å². The van der Waals surface area contributed by atoms with Gasteiger partial charge in [0.25, 0.3) is 0 Å². The van der Waals surface area contributed by atoms with E-state index in [4.69, 9.17) is 0 Å². The average Bonchev–Trinajstić information content (AvgIpc) is 3.08. The van der Waals surface area contributed by atoms with Gasteiger partial charge in [0.05, 0.1) is 13.7 Å². The van der Waals surface area contributed by atoms with Crippen LogP contribution in [0.15, 0.2) is 24.3 Å². The molecule has 1 aromatic heterocycles. The van der Waals surface area contributed by atoms with Crippen LogP contribution in [0.5, 0.6) is 0 Å². The fourth-order valence-electron chi connectivity index (χ4n) is 2.81. The Hall–Kier alpha value is -2.51. The molecule has 0 amide bonds. The number of hydrogen-bond acceptors (Lipinski definition) is 4. The molecule has 0 bridgehead atoms. The third kappa shape index (κ3) is 2.83. The SMILES string of the molecule is COC(=O)c1c(C(F)(F)F)nn2c1N(Cc1ccc(C)cc1)CC2. The van der Waals surface area contributed by atoms with E-state index in [1.54, 1.807) is 4.90 Å². The summed E-state index contributed by atoms with van der Waals surface area (Å²) in [5.41, 5.74) is 0.326. The Morgan fingerprint density at radius 3 is 2.50 bits per heavy atom. The van der Waals surface area contributed by atoms with E-state index in [9.17, 15) is 18.0 Å². The summed E-state index contributed by atoms with van der Waals surface area (Å²) in [5, 5.41) is 3.59. The summed E-state index contributed by atoms with van der Waals surface area (Å²) in [5.74, 6) is -0.867. The minimum Gasteiger partial charge on any atom is -0.465 e. The third-order valence-electron chi connectivity index (χ3n) is 3.96. The van der Waals surface area contributed by atoms with E-state index in [2.05, 4.69) is 9.84 Å². The maximum absolute atomic E-state index is 13.2. The van der Waals surface area contributed by atoms with Crippen molar-refractivity contribution in [3.63, 3.8) is 0 Å². The zero-order chi connectivity index (χ0) is 17.5. The molecule has 0 saturated heterocycles. The van der Waals surface area contributed by atoms with Gasteiger partial charge in [0.15, 0.2) is 5.69 Å². The molecule has 0 saturated carbocycles. The molecule has 3 rings (SSSR count). The lowest BCUT2D eigenvalue weighted by Crippen LogP contribution is -2.23. The van der Waals surface area contributed by atoms with Gasteiger partial charge in [-0.1, -0.05) is 29.8 Å². The molecule has 128 valence electrons. The van der Waals surface area contributed by atoms with Crippen molar-refractivity contribution in [2.45, 2.75) is 26.2 Å². The van der Waals surface area contributed by atoms with Crippen molar-refractivity contribution < 1.29 is 22.7 Å². The molecule has 1 aromatic carbocycles. The number of fused-ring (bicyclic) bond motifs is 1. The Kier molecular flexibility index (Phi) is 3.98. The molecule has 0 fully saturated rings. The smallest absolute Gasteiger partial charge is 0.436 e. The van der Waals surface area contributed by atoms with Crippen molar-refractivity contribution in [2.75, 3.05) is 18.6 Å². The first-order chi connectivity index (χ1) is 11.3. The van der Waals surface area contributed by atoms with Crippen LogP contribution >= 0.6 is 0 Å². The van der Waals surface area contributed by atoms with E-state index in [0.717, 1.165) is 18.2 Å². The van der Waals surface area contributed by atoms with E-state index < -0.39 is 23.4 Å². The van der Waals surface area contributed by atoms with Crippen LogP contribution in [0.25, 0.3) is 0 Å². The molecular formula is C16H16F3N3O2. The number of halogens is 3. The summed E-state index contributed by atoms with van der Waals surface area (Å²) in [6, 6.07) is 7.70. The van der Waals surface area contributed by atoms with E-state index in [1.807, 2.05) is 31.2 Å². The van der Waals surface area contributed by atoms with Crippen LogP contribution in [0.2, 0.25) is 0 Å². The number of methoxy groups -OCH3 is 1. The lowest BCUT2D eigenvalue weighted by Gasteiger charge is -2.19. The molecule has 0 aliphatic carbocycles. The van der Waals surface area contributed by atoms with Gasteiger partial charge < -0.3 is 9.64 Å². The van der Waals surface area contributed by atoms with Crippen molar-refractivity contribution in [1.82, 2.24) is 9.78 Å². The highest BCUT2D eigenvalue weighted by Gasteiger charge is 2.44. The first kappa shape index (κ1) is 16.4. The second-order valence-corrected chi connectivity index (χ2v) is 5.67. The topological polar surface area (TPSA) is 47.4 Å². The van der Waals surface area contributed by atoms with Crippen molar-refractivity contribution in [2.24, 2.45) is 0 Å². The number of ether oxygens (including phenoxy) is 1. The number of rotatable bonds is 3. The summed E-state index contributed by atoms with van der Waals surface area (Å²) >= 11 is 0. The number of carbonyl (C=O) groups excluding carboxylic acids is 1. The molecular weight excluding hydrogens is 323 g/mol. The zero-order valence-electron chi connectivity index (χ0n) is 13.2. The highest BCUT2D eigenvalue weighted by molar-refractivity contribution is 5.96. The molecule has 5 nitrogen and oxygen atoms in total. The molecule has 0 radical (unpaired) electrons. The van der Waals surface area contributed by atoms with Crippen LogP contribution in [0.3, 0.4) is 0 Å². The summed E-state index contributed by atoms with van der Waals surface area (Å²) in [6.45, 7) is 3.13. The lowest BCUT2D eigenvalue weighted by molar-refractivity contribution is -0.142. The second kappa shape index (κ2) is 5.85. The Bertz CT molecular complexity index is 766. The van der Waals surface area contributed by atoms with E-state index in [0.29, 0.717) is 19.6 Å². The number of esters is 1. The fraction of sp³-hybridized carbons (Fsp3) is 0.375. The van der Waals surface area contributed by atoms with Crippen LogP contribution in [-0.2, 0) is 24.0 Å². The monoisotopic (exact) mass is 339 g/mol. The van der Waals surface area contributed by atoms with Crippen LogP contribution in [0, 0.1) is 6.92 Å². The number of nitrogens with zero attached hydrogens (tertiary/aromatic N) is 3. The summed E-state index contributed by atoms with van der Waals surface area (Å²) in [6.07, 6.45) is -4.71. The zero-order valence-corrected chi connectivity index (χ0v) is 13.2. The van der Waals surface area contributed by atoms with E-state index in [1.165, 1.54) is 4.68 Å². The van der Waals surface area contributed by atoms with Crippen LogP contribution in [0.4, 0.5) is 19.0 Å². The summed E-state index contributed by atoms with van der Waals surface area (Å²) in [7, 11) is 1.06. The van der Waals surface area contributed by atoms with Gasteiger partial charge in [0.2, 0.25) is 0 Å². The van der Waals surface area contributed by atoms with Crippen molar-refractivity contribution in [3.8, 4) is 0 Å². The molecule has 0 atom stereocenters. The van der Waals surface area contributed by atoms with E-state index >= 15 is 0 Å². The average molecular weight is 339 g/mol. The highest BCUT2D eigenvalue weighted by atomic mass is 19.4. The lowest BCUT2D eigenvalue weighted by atomic mass is 10.1. The van der Waals surface area contributed by atoms with Crippen molar-refractivity contribution in [1.29, 1.82) is 0 Å². The van der Waals surface area contributed by atoms with Crippen molar-refractivity contribution >= 4 is 11.8 Å². The quantitative estimate of drug-likeness (QED) is 0.807. The predicted octanol–water partition coefficient (Wildman–Crippen LogP) is 3.02. The first-order valence-corrected chi connectivity index (χ1v) is 7.38. The Balaban J connectivity index is 2.01. The number of aryl methyl sites for hydroxylation is 1. The maximum Gasteiger partial charge on any atom is 0.436 e. The largest absolute Gasteiger partial charge is 0.465 e. The molecule has 2 aromatic rings. The minimum atomic E-state index is -4.71. The summed E-state index contributed by atoms with van der Waals surface area (Å²) in [4.78, 5) is 13.7. The number of hydrogen-bond donors (Lipinski definition) is 0. The number of benzene rings is 1. The van der Waals surface area contributed by atoms with Crippen molar-refractivity contribution in [3.05, 3.63) is 46.6 Å². The Morgan fingerprint density at radius 2 is 1.92 bits per heavy atom. The van der Waals surface area contributed by atoms with Gasteiger partial charge in [0.1, 0.15) is 11.4 Å². The molecule has 24 heavy (non-hydrogen) atoms. The van der Waals surface area contributed by atoms with Gasteiger partial charge in [-0.05, 0) is 12.5 Å². The normalized spacial score (nSPS) is 14.0. The standard InChI is InChI=1S/C16H16F3N3O2/c1-10-3-5-11(6-4-10)9-21-7-8-22-14(21)12(15(23)24-2)13(20-22)16(17,18)19/h3-6H,7-9H2,1-2H3. The van der Waals surface area contributed by atoms with Gasteiger partial charge in [-0.2, -0.15) is 18.3 Å². The number of aromatic nitrogens is 2. The van der Waals surface area contributed by atoms with Gasteiger partial charge in [0, 0.05) is 13.1 Å². The predicted molar refractivity (Wildman–Crippen MR) is 80.8 cm³/mol. The highest BCUT2D eigenvalue weighted by Crippen LogP contribution is 2.38. The second-order valence-electron chi connectivity index (χ2n) is 5.67. The van der Waals surface area contributed by atoms with Crippen LogP contribution in [0.1, 0.15) is 27.2 Å². The Morgan fingerprint density at radius 1 is 1.25 bits per heavy atom. The van der Waals surface area contributed by atoms with Gasteiger partial charge in [-0.25, -0.2) is 9.48 Å². The van der Waals surface area contributed by atoms with Gasteiger partial charge in [-0.3, -0.25) is 0 Å². The number of anilines is 1. The fourth-order valence-corrected chi connectivity index (χ4v) is 2.81. The van der Waals surface area contributed by atoms with Gasteiger partial charge >= 0.3 is 12.1 Å². The molecule has 0 N–H and O–H groups in total. The molecule has 0 spiro atoms. The minimum absolute atomic E-state index is 0.162. The molecule has 1 aliphatic heterocycles. The first-order valence-electron chi connectivity index (χ1n) is 7.38. The van der Waals surface area contributed by atoms with Gasteiger partial charge in [-0.15, -0.1) is 0 Å². The van der Waals surface area contributed by atoms with E-state index in [-0.39, 0.29) is 5.82 Å².